The number of carbonyl (C=O) groups excluding carboxylic acids is 1. The number of carbonyl (C=O) groups is 1. The Morgan fingerprint density at radius 2 is 2.10 bits per heavy atom. The second-order valence-electron chi connectivity index (χ2n) is 5.06. The molecule has 1 heterocycles. The molecule has 1 aromatic carbocycles. The summed E-state index contributed by atoms with van der Waals surface area (Å²) in [4.78, 5) is 11.3. The minimum atomic E-state index is -0.771. The Morgan fingerprint density at radius 3 is 2.80 bits per heavy atom. The van der Waals surface area contributed by atoms with Gasteiger partial charge in [0.2, 0.25) is 0 Å². The number of benzene rings is 1. The van der Waals surface area contributed by atoms with E-state index in [0.717, 1.165) is 17.1 Å². The van der Waals surface area contributed by atoms with E-state index >= 15 is 0 Å². The Balaban J connectivity index is 1.86. The lowest BCUT2D eigenvalue weighted by molar-refractivity contribution is -0.0669. The van der Waals surface area contributed by atoms with Crippen molar-refractivity contribution in [2.45, 2.75) is 33.0 Å². The van der Waals surface area contributed by atoms with Crippen molar-refractivity contribution in [2.75, 3.05) is 6.54 Å². The fourth-order valence-corrected chi connectivity index (χ4v) is 1.95. The molecule has 0 spiro atoms. The van der Waals surface area contributed by atoms with Crippen LogP contribution in [0, 0.1) is 6.92 Å². The molecule has 1 N–H and O–H groups in total. The van der Waals surface area contributed by atoms with Crippen LogP contribution >= 0.6 is 0 Å². The van der Waals surface area contributed by atoms with Crippen molar-refractivity contribution in [2.24, 2.45) is 0 Å². The minimum absolute atomic E-state index is 0.352. The predicted octanol–water partition coefficient (Wildman–Crippen LogP) is 3.13. The molecule has 0 saturated carbocycles. The lowest BCUT2D eigenvalue weighted by Crippen LogP contribution is -2.39. The zero-order chi connectivity index (χ0) is 14.8. The zero-order valence-corrected chi connectivity index (χ0v) is 12.0. The number of rotatable bonds is 4. The van der Waals surface area contributed by atoms with E-state index in [0.29, 0.717) is 18.7 Å². The third-order valence-electron chi connectivity index (χ3n) is 2.87. The Bertz CT molecular complexity index is 541. The molecular weight excluding hydrogens is 258 g/mol. The Kier molecular flexibility index (Phi) is 3.88. The molecule has 20 heavy (non-hydrogen) atoms. The summed E-state index contributed by atoms with van der Waals surface area (Å²) >= 11 is 0. The van der Waals surface area contributed by atoms with Gasteiger partial charge in [0, 0.05) is 19.9 Å². The molecule has 1 unspecified atom stereocenters. The van der Waals surface area contributed by atoms with Gasteiger partial charge < -0.3 is 19.5 Å². The summed E-state index contributed by atoms with van der Waals surface area (Å²) in [7, 11) is 0. The van der Waals surface area contributed by atoms with E-state index in [2.05, 4.69) is 11.9 Å². The third kappa shape index (κ3) is 3.44. The van der Waals surface area contributed by atoms with Crippen LogP contribution in [0.2, 0.25) is 0 Å². The number of fused-ring (bicyclic) bond motifs is 1. The van der Waals surface area contributed by atoms with Crippen LogP contribution in [0.5, 0.6) is 11.5 Å². The molecule has 0 bridgehead atoms. The number of hydrogen-bond donors (Lipinski definition) is 1. The van der Waals surface area contributed by atoms with E-state index in [1.807, 2.05) is 32.0 Å². The normalized spacial score (nSPS) is 19.6. The lowest BCUT2D eigenvalue weighted by Gasteiger charge is -2.22. The maximum atomic E-state index is 11.3. The van der Waals surface area contributed by atoms with Crippen LogP contribution in [0.1, 0.15) is 25.8 Å². The molecular formula is C15H19NO4. The van der Waals surface area contributed by atoms with E-state index in [1.165, 1.54) is 0 Å². The first-order valence-electron chi connectivity index (χ1n) is 6.48. The SMILES string of the molecule is C=C(C)OC(=O)NCCC1(C)Oc2ccc(C)cc2O1. The topological polar surface area (TPSA) is 56.8 Å². The zero-order valence-electron chi connectivity index (χ0n) is 12.0. The van der Waals surface area contributed by atoms with Crippen molar-refractivity contribution < 1.29 is 19.0 Å². The van der Waals surface area contributed by atoms with Gasteiger partial charge in [-0.15, -0.1) is 0 Å². The van der Waals surface area contributed by atoms with Gasteiger partial charge >= 0.3 is 6.09 Å². The monoisotopic (exact) mass is 277 g/mol. The molecule has 0 aromatic heterocycles. The quantitative estimate of drug-likeness (QED) is 0.859. The molecule has 1 aliphatic heterocycles. The second kappa shape index (κ2) is 5.45. The van der Waals surface area contributed by atoms with Crippen molar-refractivity contribution in [3.05, 3.63) is 36.1 Å². The van der Waals surface area contributed by atoms with Crippen molar-refractivity contribution in [1.29, 1.82) is 0 Å². The fraction of sp³-hybridized carbons (Fsp3) is 0.400. The van der Waals surface area contributed by atoms with Crippen molar-refractivity contribution in [1.82, 2.24) is 5.32 Å². The average Bonchev–Trinajstić information content (AvgIpc) is 2.63. The highest BCUT2D eigenvalue weighted by Gasteiger charge is 2.36. The first kappa shape index (κ1) is 14.2. The van der Waals surface area contributed by atoms with Crippen LogP contribution in [0.15, 0.2) is 30.5 Å². The van der Waals surface area contributed by atoms with E-state index in [9.17, 15) is 4.79 Å². The Hall–Kier alpha value is -2.17. The van der Waals surface area contributed by atoms with Crippen molar-refractivity contribution >= 4 is 6.09 Å². The first-order valence-corrected chi connectivity index (χ1v) is 6.48. The van der Waals surface area contributed by atoms with E-state index in [4.69, 9.17) is 14.2 Å². The van der Waals surface area contributed by atoms with Crippen molar-refractivity contribution in [3.8, 4) is 11.5 Å². The van der Waals surface area contributed by atoms with Crippen molar-refractivity contribution in [3.63, 3.8) is 0 Å². The Labute approximate surface area is 118 Å². The smallest absolute Gasteiger partial charge is 0.412 e. The number of allylic oxidation sites excluding steroid dienone is 1. The van der Waals surface area contributed by atoms with Gasteiger partial charge in [0.25, 0.3) is 5.79 Å². The molecule has 5 heteroatoms. The molecule has 0 saturated heterocycles. The van der Waals surface area contributed by atoms with Gasteiger partial charge in [-0.25, -0.2) is 4.79 Å². The second-order valence-corrected chi connectivity index (χ2v) is 5.06. The van der Waals surface area contributed by atoms with Crippen LogP contribution < -0.4 is 14.8 Å². The largest absolute Gasteiger partial charge is 0.449 e. The molecule has 0 fully saturated rings. The molecule has 1 amide bonds. The summed E-state index contributed by atoms with van der Waals surface area (Å²) in [5.41, 5.74) is 1.11. The van der Waals surface area contributed by atoms with E-state index in [1.54, 1.807) is 6.92 Å². The number of ether oxygens (including phenoxy) is 3. The summed E-state index contributed by atoms with van der Waals surface area (Å²) in [5.74, 6) is 1.04. The molecule has 2 rings (SSSR count). The van der Waals surface area contributed by atoms with Gasteiger partial charge in [-0.2, -0.15) is 0 Å². The van der Waals surface area contributed by atoms with Gasteiger partial charge in [-0.1, -0.05) is 12.6 Å². The van der Waals surface area contributed by atoms with Crippen LogP contribution in [0.4, 0.5) is 4.79 Å². The summed E-state index contributed by atoms with van der Waals surface area (Å²) in [5, 5.41) is 2.62. The average molecular weight is 277 g/mol. The highest BCUT2D eigenvalue weighted by atomic mass is 16.7. The highest BCUT2D eigenvalue weighted by Crippen LogP contribution is 2.40. The number of hydrogen-bond acceptors (Lipinski definition) is 4. The molecule has 1 aromatic rings. The van der Waals surface area contributed by atoms with Crippen LogP contribution in [-0.4, -0.2) is 18.4 Å². The number of alkyl carbamates (subject to hydrolysis) is 1. The fourth-order valence-electron chi connectivity index (χ4n) is 1.95. The summed E-state index contributed by atoms with van der Waals surface area (Å²) < 4.78 is 16.4. The molecule has 1 atom stereocenters. The lowest BCUT2D eigenvalue weighted by atomic mass is 10.2. The van der Waals surface area contributed by atoms with E-state index in [-0.39, 0.29) is 0 Å². The van der Waals surface area contributed by atoms with Gasteiger partial charge in [0.1, 0.15) is 0 Å². The van der Waals surface area contributed by atoms with Crippen LogP contribution in [0.3, 0.4) is 0 Å². The summed E-state index contributed by atoms with van der Waals surface area (Å²) in [6.45, 7) is 9.33. The summed E-state index contributed by atoms with van der Waals surface area (Å²) in [6.07, 6.45) is -0.0149. The highest BCUT2D eigenvalue weighted by molar-refractivity contribution is 5.68. The molecule has 0 aliphatic carbocycles. The third-order valence-corrected chi connectivity index (χ3v) is 2.87. The standard InChI is InChI=1S/C15H19NO4/c1-10(2)18-14(17)16-8-7-15(4)19-12-6-5-11(3)9-13(12)20-15/h5-6,9H,1,7-8H2,2-4H3,(H,16,17). The molecule has 1 aliphatic rings. The maximum absolute atomic E-state index is 11.3. The predicted molar refractivity (Wildman–Crippen MR) is 74.8 cm³/mol. The van der Waals surface area contributed by atoms with E-state index < -0.39 is 11.9 Å². The maximum Gasteiger partial charge on any atom is 0.412 e. The molecule has 108 valence electrons. The molecule has 0 radical (unpaired) electrons. The number of nitrogens with one attached hydrogen (secondary N) is 1. The molecule has 5 nitrogen and oxygen atoms in total. The Morgan fingerprint density at radius 1 is 1.40 bits per heavy atom. The van der Waals surface area contributed by atoms with Crippen LogP contribution in [0.25, 0.3) is 0 Å². The minimum Gasteiger partial charge on any atom is -0.449 e. The van der Waals surface area contributed by atoms with Gasteiger partial charge in [-0.3, -0.25) is 0 Å². The number of aryl methyl sites for hydroxylation is 1. The first-order chi connectivity index (χ1) is 9.38. The van der Waals surface area contributed by atoms with Gasteiger partial charge in [0.05, 0.1) is 5.76 Å². The number of amides is 1. The van der Waals surface area contributed by atoms with Gasteiger partial charge in [0.15, 0.2) is 11.5 Å². The van der Waals surface area contributed by atoms with Crippen LogP contribution in [-0.2, 0) is 4.74 Å². The van der Waals surface area contributed by atoms with Gasteiger partial charge in [-0.05, 0) is 31.5 Å². The summed E-state index contributed by atoms with van der Waals surface area (Å²) in [6, 6.07) is 5.79.